The first-order valence-corrected chi connectivity index (χ1v) is 12.6. The highest BCUT2D eigenvalue weighted by Crippen LogP contribution is 2.36. The Labute approximate surface area is 219 Å². The maximum absolute atomic E-state index is 13.2. The van der Waals surface area contributed by atoms with Crippen molar-refractivity contribution in [3.8, 4) is 11.3 Å². The van der Waals surface area contributed by atoms with Crippen molar-refractivity contribution < 1.29 is 14.3 Å². The molecule has 1 atom stereocenters. The zero-order chi connectivity index (χ0) is 26.3. The number of benzene rings is 1. The molecule has 194 valence electrons. The number of carbonyl (C=O) groups is 2. The number of piperidine rings is 1. The molecule has 2 saturated heterocycles. The van der Waals surface area contributed by atoms with E-state index in [2.05, 4.69) is 20.3 Å². The molecule has 0 saturated carbocycles. The van der Waals surface area contributed by atoms with Gasteiger partial charge in [0.1, 0.15) is 22.9 Å². The molecule has 0 radical (unpaired) electrons. The Balaban J connectivity index is 1.29. The van der Waals surface area contributed by atoms with E-state index in [1.807, 2.05) is 34.6 Å². The zero-order valence-electron chi connectivity index (χ0n) is 21.0. The SMILES string of the molecule is CC1(C(=O)N2CCCC(c3nc(-c4ccc(C(=O)Nc5cnccn5)cc4)c4c(N)nccn34)C2)COC1. The molecule has 5 heterocycles. The highest BCUT2D eigenvalue weighted by Gasteiger charge is 2.44. The number of ether oxygens (including phenoxy) is 1. The molecule has 2 aliphatic heterocycles. The fourth-order valence-electron chi connectivity index (χ4n) is 5.19. The first-order chi connectivity index (χ1) is 18.4. The molecule has 0 spiro atoms. The number of nitrogens with zero attached hydrogens (tertiary/aromatic N) is 6. The third kappa shape index (κ3) is 4.24. The van der Waals surface area contributed by atoms with Crippen LogP contribution in [0.3, 0.4) is 0 Å². The van der Waals surface area contributed by atoms with E-state index in [-0.39, 0.29) is 17.7 Å². The van der Waals surface area contributed by atoms with Crippen LogP contribution in [0.15, 0.2) is 55.2 Å². The summed E-state index contributed by atoms with van der Waals surface area (Å²) in [6.45, 7) is 4.24. The van der Waals surface area contributed by atoms with Crippen molar-refractivity contribution in [2.45, 2.75) is 25.7 Å². The minimum absolute atomic E-state index is 0.0531. The van der Waals surface area contributed by atoms with Crippen LogP contribution >= 0.6 is 0 Å². The molecule has 1 unspecified atom stereocenters. The van der Waals surface area contributed by atoms with Gasteiger partial charge in [-0.2, -0.15) is 0 Å². The molecule has 0 aliphatic carbocycles. The van der Waals surface area contributed by atoms with Crippen molar-refractivity contribution in [3.05, 3.63) is 66.6 Å². The van der Waals surface area contributed by atoms with Crippen molar-refractivity contribution in [1.82, 2.24) is 29.2 Å². The Bertz CT molecular complexity index is 1500. The fraction of sp³-hybridized carbons (Fsp3) is 0.333. The quantitative estimate of drug-likeness (QED) is 0.416. The number of aromatic nitrogens is 5. The number of anilines is 2. The monoisotopic (exact) mass is 512 g/mol. The number of hydrogen-bond acceptors (Lipinski definition) is 8. The normalized spacial score (nSPS) is 18.7. The average molecular weight is 513 g/mol. The molecule has 2 amide bonds. The maximum Gasteiger partial charge on any atom is 0.256 e. The minimum atomic E-state index is -0.433. The second-order valence-corrected chi connectivity index (χ2v) is 10.1. The van der Waals surface area contributed by atoms with E-state index in [1.165, 1.54) is 12.4 Å². The van der Waals surface area contributed by atoms with Gasteiger partial charge in [0.15, 0.2) is 5.82 Å². The lowest BCUT2D eigenvalue weighted by Gasteiger charge is -2.42. The van der Waals surface area contributed by atoms with E-state index in [1.54, 1.807) is 24.5 Å². The average Bonchev–Trinajstić information content (AvgIpc) is 3.33. The fourth-order valence-corrected chi connectivity index (χ4v) is 5.19. The lowest BCUT2D eigenvalue weighted by Crippen LogP contribution is -2.55. The van der Waals surface area contributed by atoms with Crippen LogP contribution < -0.4 is 11.1 Å². The topological polar surface area (TPSA) is 141 Å². The summed E-state index contributed by atoms with van der Waals surface area (Å²) in [5, 5.41) is 2.73. The third-order valence-corrected chi connectivity index (χ3v) is 7.27. The number of carbonyl (C=O) groups excluding carboxylic acids is 2. The van der Waals surface area contributed by atoms with Gasteiger partial charge in [0.05, 0.1) is 24.8 Å². The molecule has 3 aromatic heterocycles. The number of nitrogens with two attached hydrogens (primary N) is 1. The van der Waals surface area contributed by atoms with Crippen LogP contribution in [-0.2, 0) is 9.53 Å². The van der Waals surface area contributed by atoms with E-state index in [0.717, 1.165) is 30.8 Å². The number of rotatable bonds is 5. The van der Waals surface area contributed by atoms with Crippen LogP contribution in [0.4, 0.5) is 11.6 Å². The minimum Gasteiger partial charge on any atom is -0.382 e. The lowest BCUT2D eigenvalue weighted by atomic mass is 9.85. The number of likely N-dealkylation sites (tertiary alicyclic amines) is 1. The van der Waals surface area contributed by atoms with Gasteiger partial charge in [-0.3, -0.25) is 19.0 Å². The smallest absolute Gasteiger partial charge is 0.256 e. The summed E-state index contributed by atoms with van der Waals surface area (Å²) in [5.74, 6) is 1.51. The third-order valence-electron chi connectivity index (χ3n) is 7.27. The molecule has 11 heteroatoms. The Hall–Kier alpha value is -4.38. The lowest BCUT2D eigenvalue weighted by molar-refractivity contribution is -0.169. The van der Waals surface area contributed by atoms with Crippen LogP contribution in [0, 0.1) is 5.41 Å². The second kappa shape index (κ2) is 9.49. The van der Waals surface area contributed by atoms with Gasteiger partial charge in [0, 0.05) is 54.9 Å². The Kier molecular flexibility index (Phi) is 5.99. The number of nitrogens with one attached hydrogen (secondary N) is 1. The molecule has 2 aliphatic rings. The largest absolute Gasteiger partial charge is 0.382 e. The molecule has 6 rings (SSSR count). The van der Waals surface area contributed by atoms with Crippen molar-refractivity contribution >= 4 is 29.0 Å². The van der Waals surface area contributed by atoms with E-state index in [0.29, 0.717) is 48.2 Å². The summed E-state index contributed by atoms with van der Waals surface area (Å²) in [7, 11) is 0. The van der Waals surface area contributed by atoms with E-state index < -0.39 is 5.41 Å². The van der Waals surface area contributed by atoms with Gasteiger partial charge >= 0.3 is 0 Å². The molecule has 0 bridgehead atoms. The second-order valence-electron chi connectivity index (χ2n) is 10.1. The van der Waals surface area contributed by atoms with Crippen LogP contribution in [0.1, 0.15) is 41.9 Å². The predicted octanol–water partition coefficient (Wildman–Crippen LogP) is 2.76. The van der Waals surface area contributed by atoms with Gasteiger partial charge in [-0.1, -0.05) is 12.1 Å². The summed E-state index contributed by atoms with van der Waals surface area (Å²) >= 11 is 0. The zero-order valence-corrected chi connectivity index (χ0v) is 21.0. The molecule has 4 aromatic rings. The molecule has 1 aromatic carbocycles. The van der Waals surface area contributed by atoms with Crippen molar-refractivity contribution in [3.63, 3.8) is 0 Å². The standard InChI is InChI=1S/C27H28N8O3/c1-27(15-38-16-27)26(37)34-11-2-3-19(14-34)24-33-21(22-23(28)31-10-12-35(22)24)17-4-6-18(7-5-17)25(36)32-20-13-29-8-9-30-20/h4-10,12-13,19H,2-3,11,14-16H2,1H3,(H2,28,31)(H,30,32,36). The first-order valence-electron chi connectivity index (χ1n) is 12.6. The van der Waals surface area contributed by atoms with Gasteiger partial charge in [-0.05, 0) is 31.9 Å². The number of amides is 2. The number of nitrogen functional groups attached to an aromatic ring is 1. The first kappa shape index (κ1) is 24.0. The van der Waals surface area contributed by atoms with Crippen LogP contribution in [-0.4, -0.2) is 67.4 Å². The summed E-state index contributed by atoms with van der Waals surface area (Å²) in [6.07, 6.45) is 9.88. The summed E-state index contributed by atoms with van der Waals surface area (Å²) in [6, 6.07) is 7.16. The van der Waals surface area contributed by atoms with Crippen molar-refractivity contribution in [2.75, 3.05) is 37.4 Å². The summed E-state index contributed by atoms with van der Waals surface area (Å²) in [5.41, 5.74) is 8.59. The molecule has 3 N–H and O–H groups in total. The molecule has 2 fully saturated rings. The number of hydrogen-bond donors (Lipinski definition) is 2. The Morgan fingerprint density at radius 2 is 1.95 bits per heavy atom. The van der Waals surface area contributed by atoms with Gasteiger partial charge in [-0.15, -0.1) is 0 Å². The van der Waals surface area contributed by atoms with Crippen molar-refractivity contribution in [1.29, 1.82) is 0 Å². The number of fused-ring (bicyclic) bond motifs is 1. The Morgan fingerprint density at radius 3 is 2.66 bits per heavy atom. The van der Waals surface area contributed by atoms with E-state index >= 15 is 0 Å². The van der Waals surface area contributed by atoms with Crippen LogP contribution in [0.5, 0.6) is 0 Å². The van der Waals surface area contributed by atoms with Crippen LogP contribution in [0.25, 0.3) is 16.8 Å². The van der Waals surface area contributed by atoms with E-state index in [9.17, 15) is 9.59 Å². The molecular weight excluding hydrogens is 484 g/mol. The Morgan fingerprint density at radius 1 is 1.13 bits per heavy atom. The molecule has 38 heavy (non-hydrogen) atoms. The summed E-state index contributed by atoms with van der Waals surface area (Å²) in [4.78, 5) is 45.2. The van der Waals surface area contributed by atoms with Gasteiger partial charge in [0.2, 0.25) is 5.91 Å². The predicted molar refractivity (Wildman–Crippen MR) is 140 cm³/mol. The van der Waals surface area contributed by atoms with Crippen molar-refractivity contribution in [2.24, 2.45) is 5.41 Å². The molecule has 11 nitrogen and oxygen atoms in total. The van der Waals surface area contributed by atoms with Crippen LogP contribution in [0.2, 0.25) is 0 Å². The molecular formula is C27H28N8O3. The number of imidazole rings is 1. The summed E-state index contributed by atoms with van der Waals surface area (Å²) < 4.78 is 7.31. The highest BCUT2D eigenvalue weighted by molar-refractivity contribution is 6.04. The van der Waals surface area contributed by atoms with Gasteiger partial charge < -0.3 is 20.7 Å². The maximum atomic E-state index is 13.2. The van der Waals surface area contributed by atoms with Gasteiger partial charge in [0.25, 0.3) is 5.91 Å². The van der Waals surface area contributed by atoms with Gasteiger partial charge in [-0.25, -0.2) is 15.0 Å². The van der Waals surface area contributed by atoms with E-state index in [4.69, 9.17) is 15.5 Å². The highest BCUT2D eigenvalue weighted by atomic mass is 16.5.